The summed E-state index contributed by atoms with van der Waals surface area (Å²) in [6, 6.07) is 10.3. The molecule has 0 saturated heterocycles. The molecule has 6 saturated carbocycles. The third-order valence-corrected chi connectivity index (χ3v) is 18.0. The standard InChI is InChI=1S/C45H65N3O3/c1-27(49)51-30-16-18-31-29(25-30)15-17-33-32(31)19-20-35-34(33)21-22-45(37(35)44(9,43(8)23-24-43)41(4,5)42(45,6)7)39(50)48-40(2,3)38-46-26-36(47-38)28-13-11-10-12-14-28/h10-14,26,29-35,37H,15-25H2,1-9H3,(H,46,47)(H,48,50). The summed E-state index contributed by atoms with van der Waals surface area (Å²) in [6.07, 6.45) is 15.1. The molecule has 6 fully saturated rings. The van der Waals surface area contributed by atoms with Crippen LogP contribution in [-0.2, 0) is 19.9 Å². The van der Waals surface area contributed by atoms with E-state index in [9.17, 15) is 4.79 Å². The summed E-state index contributed by atoms with van der Waals surface area (Å²) >= 11 is 0. The quantitative estimate of drug-likeness (QED) is 0.295. The summed E-state index contributed by atoms with van der Waals surface area (Å²) in [5.41, 5.74) is 1.05. The van der Waals surface area contributed by atoms with E-state index in [-0.39, 0.29) is 39.6 Å². The van der Waals surface area contributed by atoms with Gasteiger partial charge in [-0.3, -0.25) is 9.59 Å². The number of aromatic nitrogens is 2. The second kappa shape index (κ2) is 11.7. The second-order valence-corrected chi connectivity index (χ2v) is 20.4. The van der Waals surface area contributed by atoms with Gasteiger partial charge in [0, 0.05) is 6.92 Å². The Labute approximate surface area is 307 Å². The molecule has 8 rings (SSSR count). The van der Waals surface area contributed by atoms with Gasteiger partial charge in [-0.2, -0.15) is 0 Å². The minimum atomic E-state index is -0.649. The van der Waals surface area contributed by atoms with Gasteiger partial charge in [-0.15, -0.1) is 0 Å². The van der Waals surface area contributed by atoms with Gasteiger partial charge in [0.15, 0.2) is 0 Å². The van der Waals surface area contributed by atoms with Crippen LogP contribution in [0.5, 0.6) is 0 Å². The maximum Gasteiger partial charge on any atom is 0.302 e. The third kappa shape index (κ3) is 4.88. The summed E-state index contributed by atoms with van der Waals surface area (Å²) in [4.78, 5) is 35.9. The number of benzene rings is 1. The van der Waals surface area contributed by atoms with Crippen molar-refractivity contribution in [1.29, 1.82) is 0 Å². The SMILES string of the molecule is CC(=O)OC1CCC2C(CCC3C2CCC2C3CCC3(C(=O)NC(C)(C)c4ncc(-c5ccccc5)[nH]4)C2C(C)(C2(C)CC2)C(C)(C)C3(C)C)C1. The van der Waals surface area contributed by atoms with Crippen molar-refractivity contribution in [3.63, 3.8) is 0 Å². The highest BCUT2D eigenvalue weighted by Gasteiger charge is 2.82. The van der Waals surface area contributed by atoms with Crippen LogP contribution in [0.15, 0.2) is 36.5 Å². The van der Waals surface area contributed by atoms with Crippen LogP contribution in [0.1, 0.15) is 139 Å². The molecule has 6 aliphatic carbocycles. The molecule has 10 atom stereocenters. The van der Waals surface area contributed by atoms with E-state index in [0.717, 1.165) is 60.5 Å². The first-order valence-electron chi connectivity index (χ1n) is 20.6. The first-order valence-corrected chi connectivity index (χ1v) is 20.6. The number of aromatic amines is 1. The van der Waals surface area contributed by atoms with Crippen molar-refractivity contribution in [2.75, 3.05) is 0 Å². The average Bonchev–Trinajstić information content (AvgIpc) is 3.60. The van der Waals surface area contributed by atoms with Crippen molar-refractivity contribution < 1.29 is 14.3 Å². The van der Waals surface area contributed by atoms with Crippen LogP contribution in [0.4, 0.5) is 0 Å². The van der Waals surface area contributed by atoms with Crippen LogP contribution >= 0.6 is 0 Å². The lowest BCUT2D eigenvalue weighted by atomic mass is 9.42. The van der Waals surface area contributed by atoms with Crippen LogP contribution in [0, 0.1) is 68.5 Å². The molecule has 6 heteroatoms. The van der Waals surface area contributed by atoms with Gasteiger partial charge in [-0.05, 0) is 153 Å². The van der Waals surface area contributed by atoms with Gasteiger partial charge >= 0.3 is 5.97 Å². The minimum absolute atomic E-state index is 0.0267. The van der Waals surface area contributed by atoms with E-state index < -0.39 is 11.0 Å². The topological polar surface area (TPSA) is 84.1 Å². The lowest BCUT2D eigenvalue weighted by Gasteiger charge is -2.62. The molecule has 278 valence electrons. The number of H-pyrrole nitrogens is 1. The summed E-state index contributed by atoms with van der Waals surface area (Å²) in [6.45, 7) is 21.1. The molecule has 0 aliphatic heterocycles. The fourth-order valence-corrected chi connectivity index (χ4v) is 14.5. The predicted octanol–water partition coefficient (Wildman–Crippen LogP) is 10.1. The van der Waals surface area contributed by atoms with Gasteiger partial charge in [0.25, 0.3) is 0 Å². The van der Waals surface area contributed by atoms with Crippen LogP contribution in [0.2, 0.25) is 0 Å². The number of fused-ring (bicyclic) bond motifs is 7. The van der Waals surface area contributed by atoms with Gasteiger partial charge in [-0.25, -0.2) is 4.98 Å². The molecule has 6 aliphatic rings. The van der Waals surface area contributed by atoms with E-state index in [1.54, 1.807) is 6.92 Å². The summed E-state index contributed by atoms with van der Waals surface area (Å²) in [5.74, 6) is 5.55. The molecule has 2 N–H and O–H groups in total. The van der Waals surface area contributed by atoms with E-state index in [0.29, 0.717) is 23.7 Å². The molecule has 51 heavy (non-hydrogen) atoms. The number of amides is 1. The van der Waals surface area contributed by atoms with Crippen molar-refractivity contribution in [2.24, 2.45) is 68.5 Å². The summed E-state index contributed by atoms with van der Waals surface area (Å²) in [5, 5.41) is 3.71. The highest BCUT2D eigenvalue weighted by atomic mass is 16.5. The fraction of sp³-hybridized carbons (Fsp3) is 0.756. The summed E-state index contributed by atoms with van der Waals surface area (Å²) < 4.78 is 5.74. The Bertz CT molecular complexity index is 1670. The number of nitrogens with one attached hydrogen (secondary N) is 2. The van der Waals surface area contributed by atoms with Gasteiger partial charge in [0.05, 0.1) is 22.8 Å². The predicted molar refractivity (Wildman–Crippen MR) is 202 cm³/mol. The largest absolute Gasteiger partial charge is 0.463 e. The number of carbonyl (C=O) groups excluding carboxylic acids is 2. The normalized spacial score (nSPS) is 40.2. The Hall–Kier alpha value is -2.63. The number of nitrogens with zero attached hydrogens (tertiary/aromatic N) is 1. The van der Waals surface area contributed by atoms with Crippen LogP contribution < -0.4 is 5.32 Å². The number of hydrogen-bond donors (Lipinski definition) is 2. The molecule has 0 radical (unpaired) electrons. The van der Waals surface area contributed by atoms with Gasteiger partial charge in [0.1, 0.15) is 11.9 Å². The molecule has 1 heterocycles. The Morgan fingerprint density at radius 3 is 2.12 bits per heavy atom. The molecule has 6 nitrogen and oxygen atoms in total. The van der Waals surface area contributed by atoms with Gasteiger partial charge in [-0.1, -0.05) is 71.9 Å². The maximum absolute atomic E-state index is 15.7. The van der Waals surface area contributed by atoms with Crippen molar-refractivity contribution in [3.8, 4) is 11.3 Å². The Morgan fingerprint density at radius 2 is 1.43 bits per heavy atom. The van der Waals surface area contributed by atoms with Crippen molar-refractivity contribution >= 4 is 11.9 Å². The van der Waals surface area contributed by atoms with Gasteiger partial charge < -0.3 is 15.0 Å². The maximum atomic E-state index is 15.7. The van der Waals surface area contributed by atoms with E-state index >= 15 is 4.79 Å². The fourth-order valence-electron chi connectivity index (χ4n) is 14.5. The zero-order chi connectivity index (χ0) is 36.4. The van der Waals surface area contributed by atoms with Crippen LogP contribution in [0.3, 0.4) is 0 Å². The smallest absolute Gasteiger partial charge is 0.302 e. The van der Waals surface area contributed by atoms with Gasteiger partial charge in [0.2, 0.25) is 5.91 Å². The highest BCUT2D eigenvalue weighted by Crippen LogP contribution is 2.86. The second-order valence-electron chi connectivity index (χ2n) is 20.4. The molecule has 1 amide bonds. The number of rotatable bonds is 6. The molecule has 10 unspecified atom stereocenters. The highest BCUT2D eigenvalue weighted by molar-refractivity contribution is 5.86. The molecule has 1 aromatic carbocycles. The van der Waals surface area contributed by atoms with Crippen molar-refractivity contribution in [2.45, 2.75) is 145 Å². The van der Waals surface area contributed by atoms with Crippen molar-refractivity contribution in [3.05, 3.63) is 42.4 Å². The van der Waals surface area contributed by atoms with E-state index in [1.165, 1.54) is 44.9 Å². The number of esters is 1. The first kappa shape index (κ1) is 35.4. The molecule has 1 aromatic heterocycles. The Kier molecular flexibility index (Phi) is 8.11. The van der Waals surface area contributed by atoms with E-state index in [2.05, 4.69) is 90.0 Å². The monoisotopic (exact) mass is 696 g/mol. The van der Waals surface area contributed by atoms with E-state index in [1.807, 2.05) is 12.3 Å². The van der Waals surface area contributed by atoms with E-state index in [4.69, 9.17) is 9.72 Å². The molecule has 2 aromatic rings. The number of hydrogen-bond acceptors (Lipinski definition) is 4. The number of ether oxygens (including phenoxy) is 1. The molecule has 0 spiro atoms. The van der Waals surface area contributed by atoms with Crippen LogP contribution in [-0.4, -0.2) is 27.9 Å². The van der Waals surface area contributed by atoms with Crippen LogP contribution in [0.25, 0.3) is 11.3 Å². The zero-order valence-electron chi connectivity index (χ0n) is 33.0. The average molecular weight is 696 g/mol. The molecule has 0 bridgehead atoms. The number of carbonyl (C=O) groups is 2. The molecular formula is C45H65N3O3. The first-order chi connectivity index (χ1) is 24.0. The lowest BCUT2D eigenvalue weighted by molar-refractivity contribution is -0.168. The number of imidazole rings is 1. The minimum Gasteiger partial charge on any atom is -0.463 e. The zero-order valence-corrected chi connectivity index (χ0v) is 33.0. The lowest BCUT2D eigenvalue weighted by Crippen LogP contribution is -2.62. The van der Waals surface area contributed by atoms with Crippen molar-refractivity contribution in [1.82, 2.24) is 15.3 Å². The Balaban J connectivity index is 1.13. The molecular weight excluding hydrogens is 631 g/mol. The summed E-state index contributed by atoms with van der Waals surface area (Å²) in [7, 11) is 0. The third-order valence-electron chi connectivity index (χ3n) is 18.0. The Morgan fingerprint density at radius 1 is 0.804 bits per heavy atom.